The van der Waals surface area contributed by atoms with E-state index in [0.29, 0.717) is 5.69 Å². The maximum absolute atomic E-state index is 10.9. The van der Waals surface area contributed by atoms with E-state index in [4.69, 9.17) is 10.8 Å². The quantitative estimate of drug-likeness (QED) is 0.821. The molecule has 0 aliphatic heterocycles. The first kappa shape index (κ1) is 11.4. The second-order valence-electron chi connectivity index (χ2n) is 3.21. The van der Waals surface area contributed by atoms with Gasteiger partial charge in [0.15, 0.2) is 0 Å². The summed E-state index contributed by atoms with van der Waals surface area (Å²) in [5.41, 5.74) is 6.97. The number of benzene rings is 1. The Kier molecular flexibility index (Phi) is 3.15. The molecule has 3 N–H and O–H groups in total. The predicted octanol–water partition coefficient (Wildman–Crippen LogP) is 3.30. The lowest BCUT2D eigenvalue weighted by Gasteiger charge is -1.96. The van der Waals surface area contributed by atoms with E-state index in [1.807, 2.05) is 24.3 Å². The fourth-order valence-corrected chi connectivity index (χ4v) is 2.81. The average molecular weight is 345 g/mol. The Labute approximate surface area is 110 Å². The molecule has 3 nitrogen and oxygen atoms in total. The van der Waals surface area contributed by atoms with Crippen molar-refractivity contribution in [2.24, 2.45) is 0 Å². The minimum Gasteiger partial charge on any atom is -0.477 e. The van der Waals surface area contributed by atoms with Crippen molar-refractivity contribution in [2.75, 3.05) is 5.73 Å². The number of aromatic carboxylic acids is 1. The molecule has 0 atom stereocenters. The van der Waals surface area contributed by atoms with Crippen molar-refractivity contribution in [3.8, 4) is 10.4 Å². The van der Waals surface area contributed by atoms with Crippen LogP contribution in [0.15, 0.2) is 30.3 Å². The summed E-state index contributed by atoms with van der Waals surface area (Å²) in [6.45, 7) is 0. The molecular formula is C11H8INO2S. The maximum atomic E-state index is 10.9. The minimum absolute atomic E-state index is 0.203. The predicted molar refractivity (Wildman–Crippen MR) is 73.8 cm³/mol. The molecule has 1 aromatic heterocycles. The zero-order chi connectivity index (χ0) is 11.7. The number of halogens is 1. The van der Waals surface area contributed by atoms with E-state index in [9.17, 15) is 4.79 Å². The van der Waals surface area contributed by atoms with Crippen LogP contribution in [0.5, 0.6) is 0 Å². The van der Waals surface area contributed by atoms with E-state index in [0.717, 1.165) is 14.0 Å². The van der Waals surface area contributed by atoms with E-state index in [2.05, 4.69) is 22.6 Å². The zero-order valence-corrected chi connectivity index (χ0v) is 11.1. The molecule has 0 saturated carbocycles. The molecule has 0 aliphatic carbocycles. The normalized spacial score (nSPS) is 10.3. The second kappa shape index (κ2) is 4.42. The number of carboxylic acids is 1. The lowest BCUT2D eigenvalue weighted by molar-refractivity contribution is 0.0703. The van der Waals surface area contributed by atoms with Crippen LogP contribution < -0.4 is 5.73 Å². The van der Waals surface area contributed by atoms with E-state index < -0.39 is 5.97 Å². The summed E-state index contributed by atoms with van der Waals surface area (Å²) in [5, 5.41) is 8.91. The van der Waals surface area contributed by atoms with Gasteiger partial charge in [-0.1, -0.05) is 12.1 Å². The summed E-state index contributed by atoms with van der Waals surface area (Å²) in [4.78, 5) is 11.9. The van der Waals surface area contributed by atoms with Gasteiger partial charge in [0, 0.05) is 8.45 Å². The fourth-order valence-electron chi connectivity index (χ4n) is 1.36. The molecule has 0 radical (unpaired) electrons. The van der Waals surface area contributed by atoms with Gasteiger partial charge in [0.2, 0.25) is 0 Å². The Morgan fingerprint density at radius 3 is 2.69 bits per heavy atom. The smallest absolute Gasteiger partial charge is 0.348 e. The number of hydrogen-bond acceptors (Lipinski definition) is 3. The average Bonchev–Trinajstić information content (AvgIpc) is 2.60. The van der Waals surface area contributed by atoms with Crippen LogP contribution in [0.4, 0.5) is 5.69 Å². The van der Waals surface area contributed by atoms with Crippen molar-refractivity contribution in [2.45, 2.75) is 0 Å². The number of rotatable bonds is 2. The molecule has 0 saturated heterocycles. The molecule has 1 aromatic carbocycles. The summed E-state index contributed by atoms with van der Waals surface area (Å²) in [6, 6.07) is 9.57. The first-order valence-corrected chi connectivity index (χ1v) is 6.36. The SMILES string of the molecule is Nc1cc(-c2cccc(I)c2)sc1C(=O)O. The van der Waals surface area contributed by atoms with Gasteiger partial charge >= 0.3 is 5.97 Å². The Hall–Kier alpha value is -1.08. The number of nitrogen functional groups attached to an aromatic ring is 1. The Morgan fingerprint density at radius 2 is 2.12 bits per heavy atom. The third-order valence-electron chi connectivity index (χ3n) is 2.06. The number of anilines is 1. The third-order valence-corrected chi connectivity index (χ3v) is 3.92. The van der Waals surface area contributed by atoms with Crippen LogP contribution in [0, 0.1) is 3.57 Å². The molecular weight excluding hydrogens is 337 g/mol. The standard InChI is InChI=1S/C11H8INO2S/c12-7-3-1-2-6(4-7)9-5-8(13)10(16-9)11(14)15/h1-5H,13H2,(H,14,15). The van der Waals surface area contributed by atoms with Gasteiger partial charge in [0.1, 0.15) is 4.88 Å². The highest BCUT2D eigenvalue weighted by Gasteiger charge is 2.13. The van der Waals surface area contributed by atoms with Crippen LogP contribution in [-0.4, -0.2) is 11.1 Å². The molecule has 5 heteroatoms. The summed E-state index contributed by atoms with van der Waals surface area (Å²) >= 11 is 3.42. The Morgan fingerprint density at radius 1 is 1.38 bits per heavy atom. The molecule has 2 rings (SSSR count). The highest BCUT2D eigenvalue weighted by atomic mass is 127. The highest BCUT2D eigenvalue weighted by molar-refractivity contribution is 14.1. The largest absolute Gasteiger partial charge is 0.477 e. The van der Waals surface area contributed by atoms with Gasteiger partial charge in [-0.25, -0.2) is 4.79 Å². The topological polar surface area (TPSA) is 63.3 Å². The summed E-state index contributed by atoms with van der Waals surface area (Å²) in [5.74, 6) is -0.973. The van der Waals surface area contributed by atoms with Gasteiger partial charge in [-0.15, -0.1) is 11.3 Å². The van der Waals surface area contributed by atoms with E-state index >= 15 is 0 Å². The van der Waals surface area contributed by atoms with Gasteiger partial charge in [-0.2, -0.15) is 0 Å². The lowest BCUT2D eigenvalue weighted by Crippen LogP contribution is -1.96. The number of hydrogen-bond donors (Lipinski definition) is 2. The van der Waals surface area contributed by atoms with Gasteiger partial charge in [0.05, 0.1) is 5.69 Å². The highest BCUT2D eigenvalue weighted by Crippen LogP contribution is 2.33. The van der Waals surface area contributed by atoms with Crippen molar-refractivity contribution < 1.29 is 9.90 Å². The number of carbonyl (C=O) groups is 1. The molecule has 16 heavy (non-hydrogen) atoms. The first-order valence-electron chi connectivity index (χ1n) is 4.46. The molecule has 82 valence electrons. The molecule has 0 spiro atoms. The van der Waals surface area contributed by atoms with E-state index in [1.54, 1.807) is 6.07 Å². The number of carboxylic acid groups (broad SMARTS) is 1. The van der Waals surface area contributed by atoms with Crippen LogP contribution in [0.3, 0.4) is 0 Å². The molecule has 2 aromatic rings. The van der Waals surface area contributed by atoms with Gasteiger partial charge < -0.3 is 10.8 Å². The van der Waals surface area contributed by atoms with Crippen LogP contribution >= 0.6 is 33.9 Å². The van der Waals surface area contributed by atoms with Gasteiger partial charge in [-0.3, -0.25) is 0 Å². The van der Waals surface area contributed by atoms with Gasteiger partial charge in [-0.05, 0) is 46.4 Å². The van der Waals surface area contributed by atoms with Crippen molar-refractivity contribution >= 4 is 45.6 Å². The molecule has 0 fully saturated rings. The molecule has 0 bridgehead atoms. The number of thiophene rings is 1. The van der Waals surface area contributed by atoms with E-state index in [-0.39, 0.29) is 4.88 Å². The van der Waals surface area contributed by atoms with Crippen LogP contribution in [0.25, 0.3) is 10.4 Å². The van der Waals surface area contributed by atoms with Crippen molar-refractivity contribution in [1.82, 2.24) is 0 Å². The minimum atomic E-state index is -0.973. The van der Waals surface area contributed by atoms with Crippen molar-refractivity contribution in [3.63, 3.8) is 0 Å². The monoisotopic (exact) mass is 345 g/mol. The summed E-state index contributed by atoms with van der Waals surface area (Å²) in [6.07, 6.45) is 0. The van der Waals surface area contributed by atoms with Crippen LogP contribution in [0.2, 0.25) is 0 Å². The molecule has 0 unspecified atom stereocenters. The first-order chi connectivity index (χ1) is 7.58. The van der Waals surface area contributed by atoms with Crippen molar-refractivity contribution in [1.29, 1.82) is 0 Å². The van der Waals surface area contributed by atoms with E-state index in [1.165, 1.54) is 11.3 Å². The zero-order valence-electron chi connectivity index (χ0n) is 8.11. The summed E-state index contributed by atoms with van der Waals surface area (Å²) in [7, 11) is 0. The Bertz CT molecular complexity index is 551. The number of nitrogens with two attached hydrogens (primary N) is 1. The Balaban J connectivity index is 2.49. The molecule has 1 heterocycles. The third kappa shape index (κ3) is 2.19. The van der Waals surface area contributed by atoms with Crippen LogP contribution in [-0.2, 0) is 0 Å². The maximum Gasteiger partial charge on any atom is 0.348 e. The van der Waals surface area contributed by atoms with Crippen LogP contribution in [0.1, 0.15) is 9.67 Å². The van der Waals surface area contributed by atoms with Crippen molar-refractivity contribution in [3.05, 3.63) is 38.8 Å². The summed E-state index contributed by atoms with van der Waals surface area (Å²) < 4.78 is 1.11. The van der Waals surface area contributed by atoms with Gasteiger partial charge in [0.25, 0.3) is 0 Å². The fraction of sp³-hybridized carbons (Fsp3) is 0. The molecule has 0 amide bonds. The second-order valence-corrected chi connectivity index (χ2v) is 5.51. The molecule has 0 aliphatic rings. The lowest BCUT2D eigenvalue weighted by atomic mass is 10.2.